The molecule has 0 saturated carbocycles. The van der Waals surface area contributed by atoms with Gasteiger partial charge in [-0.2, -0.15) is 0 Å². The van der Waals surface area contributed by atoms with Crippen molar-refractivity contribution in [1.82, 2.24) is 5.32 Å². The van der Waals surface area contributed by atoms with Crippen LogP contribution in [0.2, 0.25) is 0 Å². The van der Waals surface area contributed by atoms with Gasteiger partial charge in [0.2, 0.25) is 5.91 Å². The Balaban J connectivity index is 3.38. The van der Waals surface area contributed by atoms with Gasteiger partial charge in [-0.05, 0) is 51.4 Å². The molecule has 0 aromatic carbocycles. The molecule has 0 fully saturated rings. The number of unbranched alkanes of at least 4 members (excludes halogenated alkanes) is 40. The third-order valence-corrected chi connectivity index (χ3v) is 12.9. The lowest BCUT2D eigenvalue weighted by Gasteiger charge is -2.20. The summed E-state index contributed by atoms with van der Waals surface area (Å²) in [6, 6.07) is -0.619. The maximum Gasteiger partial charge on any atom is 0.220 e. The van der Waals surface area contributed by atoms with E-state index in [2.05, 4.69) is 43.5 Å². The molecule has 0 aliphatic carbocycles. The predicted octanol–water partition coefficient (Wildman–Crippen LogP) is 18.1. The van der Waals surface area contributed by atoms with Crippen molar-refractivity contribution in [2.24, 2.45) is 0 Å². The SMILES string of the molecule is CCCCCCCCCC/C=C/C(O)C(CO)NC(=O)CCCCCCCCCCCCCCCCCCC/C=C\C/C=C\CCCCCCCCCCCCCCCCC. The van der Waals surface area contributed by atoms with Crippen LogP contribution in [0.3, 0.4) is 0 Å². The van der Waals surface area contributed by atoms with Crippen molar-refractivity contribution in [1.29, 1.82) is 0 Å². The highest BCUT2D eigenvalue weighted by Gasteiger charge is 2.18. The quantitative estimate of drug-likeness (QED) is 0.0422. The maximum absolute atomic E-state index is 12.4. The number of rotatable bonds is 51. The molecular formula is C57H109NO3. The van der Waals surface area contributed by atoms with E-state index in [9.17, 15) is 15.0 Å². The van der Waals surface area contributed by atoms with Crippen molar-refractivity contribution < 1.29 is 15.0 Å². The Morgan fingerprint density at radius 2 is 0.672 bits per heavy atom. The van der Waals surface area contributed by atoms with E-state index >= 15 is 0 Å². The zero-order valence-electron chi connectivity index (χ0n) is 41.4. The molecule has 4 heteroatoms. The first kappa shape index (κ1) is 59.6. The number of carbonyl (C=O) groups excluding carboxylic acids is 1. The highest BCUT2D eigenvalue weighted by Crippen LogP contribution is 2.17. The first-order valence-electron chi connectivity index (χ1n) is 27.7. The minimum atomic E-state index is -0.836. The van der Waals surface area contributed by atoms with E-state index in [1.165, 1.54) is 250 Å². The lowest BCUT2D eigenvalue weighted by Crippen LogP contribution is -2.45. The van der Waals surface area contributed by atoms with Crippen molar-refractivity contribution in [3.63, 3.8) is 0 Å². The van der Waals surface area contributed by atoms with Gasteiger partial charge in [0.1, 0.15) is 0 Å². The summed E-state index contributed by atoms with van der Waals surface area (Å²) in [6.07, 6.45) is 71.9. The Morgan fingerprint density at radius 3 is 0.984 bits per heavy atom. The normalized spacial score (nSPS) is 13.0. The van der Waals surface area contributed by atoms with Gasteiger partial charge in [-0.25, -0.2) is 0 Å². The average Bonchev–Trinajstić information content (AvgIpc) is 3.26. The molecule has 0 heterocycles. The molecule has 0 saturated heterocycles. The number of carbonyl (C=O) groups is 1. The second kappa shape index (κ2) is 53.0. The molecule has 0 aromatic heterocycles. The Morgan fingerprint density at radius 1 is 0.393 bits per heavy atom. The van der Waals surface area contributed by atoms with E-state index in [0.29, 0.717) is 6.42 Å². The standard InChI is InChI=1S/C57H109NO3/c1-3-5-7-9-11-13-15-16-17-18-19-20-21-22-23-24-25-26-27-28-29-30-31-32-33-34-35-36-37-38-39-40-41-42-43-45-47-49-51-53-57(61)58-55(54-59)56(60)52-50-48-46-44-14-12-10-8-6-4-2/h25-26,28-29,50,52,55-56,59-60H,3-24,27,30-49,51,53-54H2,1-2H3,(H,58,61)/b26-25-,29-28-,52-50+. The molecule has 4 nitrogen and oxygen atoms in total. The fraction of sp³-hybridized carbons (Fsp3) is 0.877. The van der Waals surface area contributed by atoms with Crippen LogP contribution in [0, 0.1) is 0 Å². The van der Waals surface area contributed by atoms with Crippen LogP contribution in [-0.4, -0.2) is 34.9 Å². The van der Waals surface area contributed by atoms with Crippen molar-refractivity contribution in [2.75, 3.05) is 6.61 Å². The van der Waals surface area contributed by atoms with Gasteiger partial charge < -0.3 is 15.5 Å². The first-order chi connectivity index (χ1) is 30.2. The third kappa shape index (κ3) is 49.5. The molecule has 0 radical (unpaired) electrons. The van der Waals surface area contributed by atoms with Gasteiger partial charge >= 0.3 is 0 Å². The number of nitrogens with one attached hydrogen (secondary N) is 1. The van der Waals surface area contributed by atoms with Gasteiger partial charge in [0.25, 0.3) is 0 Å². The maximum atomic E-state index is 12.4. The zero-order valence-corrected chi connectivity index (χ0v) is 41.4. The Kier molecular flexibility index (Phi) is 51.7. The zero-order chi connectivity index (χ0) is 44.2. The molecule has 0 aliphatic rings. The van der Waals surface area contributed by atoms with Crippen molar-refractivity contribution >= 4 is 5.91 Å². The minimum Gasteiger partial charge on any atom is -0.394 e. The molecule has 2 atom stereocenters. The summed E-state index contributed by atoms with van der Waals surface area (Å²) in [5.74, 6) is -0.0630. The molecule has 0 aliphatic heterocycles. The second-order valence-electron chi connectivity index (χ2n) is 19.0. The molecule has 0 rings (SSSR count). The Bertz CT molecular complexity index is 928. The van der Waals surface area contributed by atoms with Crippen molar-refractivity contribution in [2.45, 2.75) is 315 Å². The van der Waals surface area contributed by atoms with Crippen LogP contribution >= 0.6 is 0 Å². The molecule has 0 aromatic rings. The minimum absolute atomic E-state index is 0.0630. The lowest BCUT2D eigenvalue weighted by atomic mass is 10.0. The molecule has 2 unspecified atom stereocenters. The number of hydrogen-bond acceptors (Lipinski definition) is 3. The third-order valence-electron chi connectivity index (χ3n) is 12.9. The van der Waals surface area contributed by atoms with E-state index in [-0.39, 0.29) is 12.5 Å². The van der Waals surface area contributed by atoms with Gasteiger partial charge in [0, 0.05) is 6.42 Å². The van der Waals surface area contributed by atoms with Crippen LogP contribution in [0.5, 0.6) is 0 Å². The fourth-order valence-electron chi connectivity index (χ4n) is 8.62. The van der Waals surface area contributed by atoms with Gasteiger partial charge in [-0.1, -0.05) is 281 Å². The summed E-state index contributed by atoms with van der Waals surface area (Å²) in [7, 11) is 0. The van der Waals surface area contributed by atoms with E-state index in [4.69, 9.17) is 0 Å². The highest BCUT2D eigenvalue weighted by atomic mass is 16.3. The fourth-order valence-corrected chi connectivity index (χ4v) is 8.62. The van der Waals surface area contributed by atoms with Crippen LogP contribution in [0.25, 0.3) is 0 Å². The summed E-state index contributed by atoms with van der Waals surface area (Å²) >= 11 is 0. The van der Waals surface area contributed by atoms with Crippen molar-refractivity contribution in [3.8, 4) is 0 Å². The number of aliphatic hydroxyl groups is 2. The van der Waals surface area contributed by atoms with Crippen LogP contribution in [0.1, 0.15) is 303 Å². The van der Waals surface area contributed by atoms with Gasteiger partial charge in [-0.15, -0.1) is 0 Å². The average molecular weight is 857 g/mol. The summed E-state index contributed by atoms with van der Waals surface area (Å²) < 4.78 is 0. The van der Waals surface area contributed by atoms with Crippen molar-refractivity contribution in [3.05, 3.63) is 36.5 Å². The van der Waals surface area contributed by atoms with E-state index in [0.717, 1.165) is 32.1 Å². The monoisotopic (exact) mass is 856 g/mol. The first-order valence-corrected chi connectivity index (χ1v) is 27.7. The number of amides is 1. The van der Waals surface area contributed by atoms with Gasteiger partial charge in [0.05, 0.1) is 18.8 Å². The van der Waals surface area contributed by atoms with E-state index < -0.39 is 12.1 Å². The van der Waals surface area contributed by atoms with Crippen LogP contribution in [0.4, 0.5) is 0 Å². The summed E-state index contributed by atoms with van der Waals surface area (Å²) in [5.41, 5.74) is 0. The molecule has 3 N–H and O–H groups in total. The van der Waals surface area contributed by atoms with Gasteiger partial charge in [-0.3, -0.25) is 4.79 Å². The predicted molar refractivity (Wildman–Crippen MR) is 272 cm³/mol. The van der Waals surface area contributed by atoms with Gasteiger partial charge in [0.15, 0.2) is 0 Å². The topological polar surface area (TPSA) is 69.6 Å². The molecule has 1 amide bonds. The number of aliphatic hydroxyl groups excluding tert-OH is 2. The Hall–Kier alpha value is -1.39. The van der Waals surface area contributed by atoms with E-state index in [1.807, 2.05) is 6.08 Å². The Labute approximate surface area is 382 Å². The lowest BCUT2D eigenvalue weighted by molar-refractivity contribution is -0.123. The largest absolute Gasteiger partial charge is 0.394 e. The smallest absolute Gasteiger partial charge is 0.220 e. The summed E-state index contributed by atoms with van der Waals surface area (Å²) in [6.45, 7) is 4.31. The molecular weight excluding hydrogens is 747 g/mol. The summed E-state index contributed by atoms with van der Waals surface area (Å²) in [5, 5.41) is 23.0. The molecule has 360 valence electrons. The van der Waals surface area contributed by atoms with Crippen LogP contribution < -0.4 is 5.32 Å². The van der Waals surface area contributed by atoms with Crippen LogP contribution in [-0.2, 0) is 4.79 Å². The van der Waals surface area contributed by atoms with Crippen LogP contribution in [0.15, 0.2) is 36.5 Å². The molecule has 61 heavy (non-hydrogen) atoms. The molecule has 0 bridgehead atoms. The number of allylic oxidation sites excluding steroid dienone is 5. The second-order valence-corrected chi connectivity index (χ2v) is 19.0. The number of hydrogen-bond donors (Lipinski definition) is 3. The highest BCUT2D eigenvalue weighted by molar-refractivity contribution is 5.76. The van der Waals surface area contributed by atoms with E-state index in [1.54, 1.807) is 6.08 Å². The molecule has 0 spiro atoms. The summed E-state index contributed by atoms with van der Waals surface area (Å²) in [4.78, 5) is 12.4.